The van der Waals surface area contributed by atoms with Crippen molar-refractivity contribution in [3.8, 4) is 11.5 Å². The first-order chi connectivity index (χ1) is 12.2. The molecule has 0 bridgehead atoms. The van der Waals surface area contributed by atoms with Gasteiger partial charge in [0.1, 0.15) is 17.3 Å². The van der Waals surface area contributed by atoms with Crippen LogP contribution in [0.4, 0.5) is 5.82 Å². The van der Waals surface area contributed by atoms with E-state index in [0.29, 0.717) is 6.04 Å². The molecule has 1 aliphatic heterocycles. The summed E-state index contributed by atoms with van der Waals surface area (Å²) in [5.41, 5.74) is 1.23. The van der Waals surface area contributed by atoms with Crippen LogP contribution in [0.2, 0.25) is 0 Å². The van der Waals surface area contributed by atoms with E-state index in [1.807, 2.05) is 24.4 Å². The van der Waals surface area contributed by atoms with Crippen molar-refractivity contribution in [1.82, 2.24) is 9.88 Å². The van der Waals surface area contributed by atoms with Crippen LogP contribution >= 0.6 is 0 Å². The maximum Gasteiger partial charge on any atom is 0.128 e. The molecule has 0 spiro atoms. The molecular weight excluding hydrogens is 314 g/mol. The molecule has 2 heterocycles. The largest absolute Gasteiger partial charge is 0.497 e. The third-order valence-electron chi connectivity index (χ3n) is 4.93. The van der Waals surface area contributed by atoms with Gasteiger partial charge in [0, 0.05) is 45.0 Å². The number of rotatable bonds is 6. The van der Waals surface area contributed by atoms with Crippen molar-refractivity contribution in [1.29, 1.82) is 0 Å². The second-order valence-electron chi connectivity index (χ2n) is 6.53. The van der Waals surface area contributed by atoms with Gasteiger partial charge in [-0.2, -0.15) is 0 Å². The topological polar surface area (TPSA) is 37.8 Å². The molecule has 0 N–H and O–H groups in total. The van der Waals surface area contributed by atoms with E-state index >= 15 is 0 Å². The highest BCUT2D eigenvalue weighted by molar-refractivity contribution is 5.39. The lowest BCUT2D eigenvalue weighted by atomic mass is 10.0. The van der Waals surface area contributed by atoms with Crippen LogP contribution in [0.3, 0.4) is 0 Å². The summed E-state index contributed by atoms with van der Waals surface area (Å²) in [5, 5.41) is 0. The highest BCUT2D eigenvalue weighted by Gasteiger charge is 2.23. The molecule has 3 rings (SSSR count). The molecule has 134 valence electrons. The van der Waals surface area contributed by atoms with Crippen molar-refractivity contribution in [3.63, 3.8) is 0 Å². The molecule has 1 aliphatic rings. The average Bonchev–Trinajstić information content (AvgIpc) is 2.68. The Bertz CT molecular complexity index is 648. The summed E-state index contributed by atoms with van der Waals surface area (Å²) in [6, 6.07) is 12.7. The maximum absolute atomic E-state index is 5.37. The van der Waals surface area contributed by atoms with E-state index in [-0.39, 0.29) is 0 Å². The molecule has 0 radical (unpaired) electrons. The van der Waals surface area contributed by atoms with Crippen LogP contribution in [0.1, 0.15) is 18.4 Å². The Kier molecular flexibility index (Phi) is 5.76. The number of anilines is 1. The second kappa shape index (κ2) is 8.21. The molecule has 1 aromatic heterocycles. The number of likely N-dealkylation sites (tertiary alicyclic amines) is 1. The van der Waals surface area contributed by atoms with Gasteiger partial charge in [-0.05, 0) is 42.7 Å². The Morgan fingerprint density at radius 1 is 1.08 bits per heavy atom. The van der Waals surface area contributed by atoms with Gasteiger partial charge in [-0.25, -0.2) is 4.98 Å². The normalized spacial score (nSPS) is 15.8. The number of benzene rings is 1. The molecule has 1 fully saturated rings. The minimum atomic E-state index is 0.547. The van der Waals surface area contributed by atoms with Crippen LogP contribution in [-0.2, 0) is 6.54 Å². The van der Waals surface area contributed by atoms with Gasteiger partial charge in [0.25, 0.3) is 0 Å². The summed E-state index contributed by atoms with van der Waals surface area (Å²) in [4.78, 5) is 9.27. The van der Waals surface area contributed by atoms with E-state index in [1.165, 1.54) is 5.56 Å². The van der Waals surface area contributed by atoms with E-state index in [0.717, 1.165) is 49.8 Å². The summed E-state index contributed by atoms with van der Waals surface area (Å²) < 4.78 is 10.7. The Morgan fingerprint density at radius 2 is 1.76 bits per heavy atom. The van der Waals surface area contributed by atoms with Crippen molar-refractivity contribution in [2.75, 3.05) is 39.3 Å². The molecule has 2 aromatic rings. The molecule has 5 heteroatoms. The molecule has 0 aliphatic carbocycles. The van der Waals surface area contributed by atoms with Crippen molar-refractivity contribution in [2.45, 2.75) is 25.4 Å². The summed E-state index contributed by atoms with van der Waals surface area (Å²) in [7, 11) is 5.53. The molecule has 25 heavy (non-hydrogen) atoms. The highest BCUT2D eigenvalue weighted by atomic mass is 16.5. The first kappa shape index (κ1) is 17.5. The number of piperidine rings is 1. The standard InChI is InChI=1S/C20H27N3O2/c1-22(20-6-4-5-9-21-20)17-7-10-23(11-8-17)15-16-12-18(24-2)14-19(13-16)25-3/h4-6,9,12-14,17H,7-8,10-11,15H2,1-3H3. The number of pyridine rings is 1. The second-order valence-corrected chi connectivity index (χ2v) is 6.53. The minimum absolute atomic E-state index is 0.547. The fourth-order valence-corrected chi connectivity index (χ4v) is 3.43. The molecule has 0 atom stereocenters. The first-order valence-corrected chi connectivity index (χ1v) is 8.78. The summed E-state index contributed by atoms with van der Waals surface area (Å²) in [5.74, 6) is 2.75. The molecule has 1 aromatic carbocycles. The Balaban J connectivity index is 1.58. The zero-order chi connectivity index (χ0) is 17.6. The van der Waals surface area contributed by atoms with Crippen molar-refractivity contribution < 1.29 is 9.47 Å². The summed E-state index contributed by atoms with van der Waals surface area (Å²) in [6.45, 7) is 3.09. The molecule has 0 amide bonds. The molecule has 1 saturated heterocycles. The first-order valence-electron chi connectivity index (χ1n) is 8.78. The van der Waals surface area contributed by atoms with Gasteiger partial charge in [-0.15, -0.1) is 0 Å². The van der Waals surface area contributed by atoms with Crippen LogP contribution in [0.25, 0.3) is 0 Å². The maximum atomic E-state index is 5.37. The number of ether oxygens (including phenoxy) is 2. The van der Waals surface area contributed by atoms with Crippen LogP contribution in [-0.4, -0.2) is 50.3 Å². The minimum Gasteiger partial charge on any atom is -0.497 e. The van der Waals surface area contributed by atoms with Gasteiger partial charge in [0.15, 0.2) is 0 Å². The Hall–Kier alpha value is -2.27. The quantitative estimate of drug-likeness (QED) is 0.807. The Morgan fingerprint density at radius 3 is 2.32 bits per heavy atom. The van der Waals surface area contributed by atoms with Gasteiger partial charge in [0.2, 0.25) is 0 Å². The zero-order valence-electron chi connectivity index (χ0n) is 15.3. The van der Waals surface area contributed by atoms with E-state index in [1.54, 1.807) is 14.2 Å². The van der Waals surface area contributed by atoms with Crippen LogP contribution in [0.5, 0.6) is 11.5 Å². The lowest BCUT2D eigenvalue weighted by molar-refractivity contribution is 0.203. The number of aromatic nitrogens is 1. The monoisotopic (exact) mass is 341 g/mol. The average molecular weight is 341 g/mol. The van der Waals surface area contributed by atoms with Crippen molar-refractivity contribution in [2.24, 2.45) is 0 Å². The van der Waals surface area contributed by atoms with Gasteiger partial charge in [-0.1, -0.05) is 6.07 Å². The molecule has 0 unspecified atom stereocenters. The summed E-state index contributed by atoms with van der Waals surface area (Å²) >= 11 is 0. The summed E-state index contributed by atoms with van der Waals surface area (Å²) in [6.07, 6.45) is 4.15. The lowest BCUT2D eigenvalue weighted by Gasteiger charge is -2.37. The smallest absolute Gasteiger partial charge is 0.128 e. The van der Waals surface area contributed by atoms with Gasteiger partial charge in [-0.3, -0.25) is 4.90 Å². The predicted octanol–water partition coefficient (Wildman–Crippen LogP) is 3.20. The highest BCUT2D eigenvalue weighted by Crippen LogP contribution is 2.25. The molecule has 5 nitrogen and oxygen atoms in total. The lowest BCUT2D eigenvalue weighted by Crippen LogP contribution is -2.43. The molecular formula is C20H27N3O2. The zero-order valence-corrected chi connectivity index (χ0v) is 15.3. The predicted molar refractivity (Wildman–Crippen MR) is 100 cm³/mol. The molecule has 0 saturated carbocycles. The van der Waals surface area contributed by atoms with E-state index in [2.05, 4.69) is 40.0 Å². The third-order valence-corrected chi connectivity index (χ3v) is 4.93. The van der Waals surface area contributed by atoms with Crippen molar-refractivity contribution >= 4 is 5.82 Å². The Labute approximate surface area is 150 Å². The number of nitrogens with zero attached hydrogens (tertiary/aromatic N) is 3. The van der Waals surface area contributed by atoms with Crippen LogP contribution < -0.4 is 14.4 Å². The fourth-order valence-electron chi connectivity index (χ4n) is 3.43. The number of hydrogen-bond acceptors (Lipinski definition) is 5. The van der Waals surface area contributed by atoms with Gasteiger partial charge in [0.05, 0.1) is 14.2 Å². The van der Waals surface area contributed by atoms with Crippen molar-refractivity contribution in [3.05, 3.63) is 48.2 Å². The third kappa shape index (κ3) is 4.42. The van der Waals surface area contributed by atoms with Gasteiger partial charge >= 0.3 is 0 Å². The van der Waals surface area contributed by atoms with E-state index < -0.39 is 0 Å². The number of hydrogen-bond donors (Lipinski definition) is 0. The SMILES string of the molecule is COc1cc(CN2CCC(N(C)c3ccccn3)CC2)cc(OC)c1. The van der Waals surface area contributed by atoms with Crippen LogP contribution in [0, 0.1) is 0 Å². The fraction of sp³-hybridized carbons (Fsp3) is 0.450. The van der Waals surface area contributed by atoms with Crippen LogP contribution in [0.15, 0.2) is 42.6 Å². The van der Waals surface area contributed by atoms with E-state index in [9.17, 15) is 0 Å². The van der Waals surface area contributed by atoms with E-state index in [4.69, 9.17) is 9.47 Å². The van der Waals surface area contributed by atoms with Gasteiger partial charge < -0.3 is 14.4 Å². The number of methoxy groups -OCH3 is 2.